The van der Waals surface area contributed by atoms with Crippen LogP contribution in [0.4, 0.5) is 5.69 Å². The van der Waals surface area contributed by atoms with Gasteiger partial charge in [0.15, 0.2) is 9.84 Å². The van der Waals surface area contributed by atoms with E-state index in [1.54, 1.807) is 18.2 Å². The molecular formula is C15H16BrN3O4S. The number of hydrogen-bond acceptors (Lipinski definition) is 5. The second kappa shape index (κ2) is 6.64. The Morgan fingerprint density at radius 3 is 2.79 bits per heavy atom. The molecule has 2 amide bonds. The molecular weight excluding hydrogens is 398 g/mol. The minimum atomic E-state index is -3.13. The van der Waals surface area contributed by atoms with Crippen LogP contribution in [0.5, 0.6) is 0 Å². The van der Waals surface area contributed by atoms with Crippen molar-refractivity contribution in [1.29, 1.82) is 0 Å². The van der Waals surface area contributed by atoms with Gasteiger partial charge in [0.05, 0.1) is 17.5 Å². The highest BCUT2D eigenvalue weighted by molar-refractivity contribution is 9.10. The highest BCUT2D eigenvalue weighted by Gasteiger charge is 2.37. The number of benzene rings is 1. The fourth-order valence-electron chi connectivity index (χ4n) is 2.76. The Kier molecular flexibility index (Phi) is 4.73. The number of nitrogens with zero attached hydrogens (tertiary/aromatic N) is 2. The summed E-state index contributed by atoms with van der Waals surface area (Å²) in [5.74, 6) is -0.665. The third-order valence-corrected chi connectivity index (χ3v) is 6.20. The molecule has 7 nitrogen and oxygen atoms in total. The quantitative estimate of drug-likeness (QED) is 0.812. The number of amides is 2. The third-order valence-electron chi connectivity index (χ3n) is 3.96. The number of rotatable bonds is 3. The molecule has 0 spiro atoms. The van der Waals surface area contributed by atoms with Gasteiger partial charge in [0.2, 0.25) is 5.91 Å². The smallest absolute Gasteiger partial charge is 0.271 e. The van der Waals surface area contributed by atoms with E-state index < -0.39 is 15.9 Å². The van der Waals surface area contributed by atoms with Gasteiger partial charge >= 0.3 is 0 Å². The first-order valence-electron chi connectivity index (χ1n) is 7.51. The predicted octanol–water partition coefficient (Wildman–Crippen LogP) is 1.55. The van der Waals surface area contributed by atoms with Crippen molar-refractivity contribution in [2.75, 3.05) is 16.8 Å². The summed E-state index contributed by atoms with van der Waals surface area (Å²) >= 11 is 3.33. The Balaban J connectivity index is 1.76. The topological polar surface area (TPSA) is 95.9 Å². The molecule has 1 aromatic carbocycles. The number of hydrogen-bond donors (Lipinski definition) is 1. The average Bonchev–Trinajstić information content (AvgIpc) is 2.87. The molecule has 1 aromatic rings. The molecule has 1 saturated heterocycles. The first kappa shape index (κ1) is 17.1. The van der Waals surface area contributed by atoms with Crippen LogP contribution >= 0.6 is 15.9 Å². The van der Waals surface area contributed by atoms with Gasteiger partial charge in [-0.15, -0.1) is 0 Å². The Morgan fingerprint density at radius 1 is 1.33 bits per heavy atom. The van der Waals surface area contributed by atoms with Crippen molar-refractivity contribution in [2.45, 2.75) is 25.3 Å². The molecule has 2 aliphatic rings. The molecule has 2 aliphatic heterocycles. The maximum Gasteiger partial charge on any atom is 0.271 e. The zero-order valence-corrected chi connectivity index (χ0v) is 15.1. The van der Waals surface area contributed by atoms with E-state index in [0.29, 0.717) is 12.1 Å². The SMILES string of the molecule is O=C(Nc1cccc(Br)c1)C1=NN(C2CCS(=O)(=O)C2)C(=O)CC1. The Hall–Kier alpha value is -1.74. The second-order valence-electron chi connectivity index (χ2n) is 5.81. The van der Waals surface area contributed by atoms with Gasteiger partial charge in [-0.2, -0.15) is 5.10 Å². The molecule has 3 rings (SSSR count). The lowest BCUT2D eigenvalue weighted by Crippen LogP contribution is -2.42. The number of halogens is 1. The summed E-state index contributed by atoms with van der Waals surface area (Å²) in [6.07, 6.45) is 0.758. The van der Waals surface area contributed by atoms with Crippen LogP contribution < -0.4 is 5.32 Å². The molecule has 2 heterocycles. The lowest BCUT2D eigenvalue weighted by atomic mass is 10.1. The van der Waals surface area contributed by atoms with Crippen LogP contribution in [0.15, 0.2) is 33.8 Å². The monoisotopic (exact) mass is 413 g/mol. The van der Waals surface area contributed by atoms with Crippen LogP contribution in [-0.4, -0.2) is 48.5 Å². The maximum absolute atomic E-state index is 12.4. The normalized spacial score (nSPS) is 23.0. The molecule has 0 aliphatic carbocycles. The summed E-state index contributed by atoms with van der Waals surface area (Å²) < 4.78 is 24.0. The van der Waals surface area contributed by atoms with E-state index in [2.05, 4.69) is 26.3 Å². The highest BCUT2D eigenvalue weighted by Crippen LogP contribution is 2.23. The summed E-state index contributed by atoms with van der Waals surface area (Å²) in [6, 6.07) is 6.67. The third kappa shape index (κ3) is 3.84. The first-order chi connectivity index (χ1) is 11.3. The average molecular weight is 414 g/mol. The van der Waals surface area contributed by atoms with Gasteiger partial charge < -0.3 is 5.32 Å². The molecule has 0 saturated carbocycles. The van der Waals surface area contributed by atoms with Crippen molar-refractivity contribution in [2.24, 2.45) is 5.10 Å². The lowest BCUT2D eigenvalue weighted by molar-refractivity contribution is -0.133. The number of anilines is 1. The Bertz CT molecular complexity index is 822. The van der Waals surface area contributed by atoms with Crippen LogP contribution in [-0.2, 0) is 19.4 Å². The lowest BCUT2D eigenvalue weighted by Gasteiger charge is -2.27. The molecule has 24 heavy (non-hydrogen) atoms. The van der Waals surface area contributed by atoms with Crippen molar-refractivity contribution in [3.63, 3.8) is 0 Å². The van der Waals surface area contributed by atoms with Crippen molar-refractivity contribution in [1.82, 2.24) is 5.01 Å². The molecule has 1 unspecified atom stereocenters. The summed E-state index contributed by atoms with van der Waals surface area (Å²) in [6.45, 7) is 0. The molecule has 0 bridgehead atoms. The van der Waals surface area contributed by atoms with Crippen LogP contribution in [0.1, 0.15) is 19.3 Å². The summed E-state index contributed by atoms with van der Waals surface area (Å²) in [5, 5.41) is 8.06. The molecule has 1 N–H and O–H groups in total. The summed E-state index contributed by atoms with van der Waals surface area (Å²) in [5.41, 5.74) is 0.850. The van der Waals surface area contributed by atoms with Crippen LogP contribution in [0, 0.1) is 0 Å². The fourth-order valence-corrected chi connectivity index (χ4v) is 4.85. The van der Waals surface area contributed by atoms with Gasteiger partial charge in [-0.1, -0.05) is 22.0 Å². The summed E-state index contributed by atoms with van der Waals surface area (Å²) in [7, 11) is -3.13. The van der Waals surface area contributed by atoms with Crippen molar-refractivity contribution in [3.05, 3.63) is 28.7 Å². The van der Waals surface area contributed by atoms with Crippen LogP contribution in [0.25, 0.3) is 0 Å². The number of nitrogens with one attached hydrogen (secondary N) is 1. The number of hydrazone groups is 1. The van der Waals surface area contributed by atoms with E-state index >= 15 is 0 Å². The molecule has 0 aromatic heterocycles. The van der Waals surface area contributed by atoms with Gasteiger partial charge in [0.25, 0.3) is 5.91 Å². The Labute approximate surface area is 148 Å². The van der Waals surface area contributed by atoms with E-state index in [1.807, 2.05) is 6.07 Å². The van der Waals surface area contributed by atoms with Gasteiger partial charge in [-0.05, 0) is 24.6 Å². The molecule has 1 fully saturated rings. The largest absolute Gasteiger partial charge is 0.321 e. The fraction of sp³-hybridized carbons (Fsp3) is 0.400. The van der Waals surface area contributed by atoms with Gasteiger partial charge in [0, 0.05) is 23.0 Å². The van der Waals surface area contributed by atoms with Crippen LogP contribution in [0.3, 0.4) is 0 Å². The molecule has 128 valence electrons. The van der Waals surface area contributed by atoms with Crippen LogP contribution in [0.2, 0.25) is 0 Å². The van der Waals surface area contributed by atoms with Crippen molar-refractivity contribution in [3.8, 4) is 0 Å². The molecule has 9 heteroatoms. The predicted molar refractivity (Wildman–Crippen MR) is 93.3 cm³/mol. The van der Waals surface area contributed by atoms with Crippen molar-refractivity contribution < 1.29 is 18.0 Å². The zero-order chi connectivity index (χ0) is 17.3. The minimum Gasteiger partial charge on any atom is -0.321 e. The molecule has 0 radical (unpaired) electrons. The number of carbonyl (C=O) groups is 2. The number of sulfone groups is 1. The highest BCUT2D eigenvalue weighted by atomic mass is 79.9. The first-order valence-corrected chi connectivity index (χ1v) is 10.1. The van der Waals surface area contributed by atoms with E-state index in [0.717, 1.165) is 4.47 Å². The Morgan fingerprint density at radius 2 is 2.12 bits per heavy atom. The van der Waals surface area contributed by atoms with E-state index in [1.165, 1.54) is 5.01 Å². The number of carbonyl (C=O) groups excluding carboxylic acids is 2. The van der Waals surface area contributed by atoms with Gasteiger partial charge in [-0.3, -0.25) is 9.59 Å². The second-order valence-corrected chi connectivity index (χ2v) is 8.95. The summed E-state index contributed by atoms with van der Waals surface area (Å²) in [4.78, 5) is 24.4. The van der Waals surface area contributed by atoms with Gasteiger partial charge in [0.1, 0.15) is 5.71 Å². The maximum atomic E-state index is 12.4. The standard InChI is InChI=1S/C15H16BrN3O4S/c16-10-2-1-3-11(8-10)17-15(21)13-4-5-14(20)19(18-13)12-6-7-24(22,23)9-12/h1-3,8,12H,4-7,9H2,(H,17,21). The van der Waals surface area contributed by atoms with Crippen molar-refractivity contribution >= 4 is 49.0 Å². The van der Waals surface area contributed by atoms with E-state index in [4.69, 9.17) is 0 Å². The minimum absolute atomic E-state index is 0.0521. The molecule has 1 atom stereocenters. The van der Waals surface area contributed by atoms with E-state index in [-0.39, 0.29) is 41.9 Å². The van der Waals surface area contributed by atoms with Gasteiger partial charge in [-0.25, -0.2) is 13.4 Å². The zero-order valence-electron chi connectivity index (χ0n) is 12.7. The van der Waals surface area contributed by atoms with E-state index in [9.17, 15) is 18.0 Å².